The van der Waals surface area contributed by atoms with Gasteiger partial charge in [-0.15, -0.1) is 0 Å². The van der Waals surface area contributed by atoms with Gasteiger partial charge in [-0.1, -0.05) is 30.3 Å². The number of amides is 2. The first kappa shape index (κ1) is 30.3. The van der Waals surface area contributed by atoms with E-state index in [0.29, 0.717) is 23.6 Å². The summed E-state index contributed by atoms with van der Waals surface area (Å²) in [6.45, 7) is 3.20. The third kappa shape index (κ3) is 7.03. The molecule has 11 heteroatoms. The average molecular weight is 570 g/mol. The van der Waals surface area contributed by atoms with Crippen LogP contribution in [0.4, 0.5) is 5.69 Å². The van der Waals surface area contributed by atoms with Crippen LogP contribution >= 0.6 is 0 Å². The molecule has 1 N–H and O–H groups in total. The van der Waals surface area contributed by atoms with Gasteiger partial charge in [0, 0.05) is 19.2 Å². The molecule has 0 aromatic heterocycles. The summed E-state index contributed by atoms with van der Waals surface area (Å²) < 4.78 is 45.0. The second-order valence-corrected chi connectivity index (χ2v) is 10.7. The van der Waals surface area contributed by atoms with E-state index in [4.69, 9.17) is 14.2 Å². The van der Waals surface area contributed by atoms with E-state index < -0.39 is 28.5 Å². The molecule has 0 aliphatic heterocycles. The van der Waals surface area contributed by atoms with Crippen LogP contribution in [0.1, 0.15) is 19.4 Å². The van der Waals surface area contributed by atoms with Crippen molar-refractivity contribution in [3.63, 3.8) is 0 Å². The molecule has 40 heavy (non-hydrogen) atoms. The lowest BCUT2D eigenvalue weighted by Gasteiger charge is -2.32. The van der Waals surface area contributed by atoms with Gasteiger partial charge in [0.2, 0.25) is 11.8 Å². The van der Waals surface area contributed by atoms with Crippen LogP contribution in [0.3, 0.4) is 0 Å². The van der Waals surface area contributed by atoms with Gasteiger partial charge in [-0.2, -0.15) is 0 Å². The molecule has 0 saturated heterocycles. The average Bonchev–Trinajstić information content (AvgIpc) is 2.98. The molecule has 214 valence electrons. The second kappa shape index (κ2) is 13.7. The molecule has 3 aromatic rings. The standard InChI is InChI=1S/C29H35N3O7S/c1-6-30-29(34)21(2)31(19-22-11-10-12-23(17-22)37-3)28(33)20-32(40(35,36)25-13-8-7-9-14-25)26-18-24(38-4)15-16-27(26)39-5/h7-18,21H,6,19-20H2,1-5H3,(H,30,34). The van der Waals surface area contributed by atoms with Crippen LogP contribution in [0.5, 0.6) is 17.2 Å². The zero-order valence-electron chi connectivity index (χ0n) is 23.3. The van der Waals surface area contributed by atoms with Gasteiger partial charge in [-0.25, -0.2) is 8.42 Å². The molecule has 2 amide bonds. The molecule has 0 radical (unpaired) electrons. The van der Waals surface area contributed by atoms with Crippen LogP contribution in [-0.2, 0) is 26.2 Å². The Morgan fingerprint density at radius 3 is 2.17 bits per heavy atom. The zero-order valence-corrected chi connectivity index (χ0v) is 24.1. The lowest BCUT2D eigenvalue weighted by atomic mass is 10.1. The van der Waals surface area contributed by atoms with E-state index in [1.54, 1.807) is 68.4 Å². The number of nitrogens with zero attached hydrogens (tertiary/aromatic N) is 2. The Labute approximate surface area is 235 Å². The van der Waals surface area contributed by atoms with Crippen molar-refractivity contribution in [2.45, 2.75) is 31.3 Å². The number of anilines is 1. The highest BCUT2D eigenvalue weighted by molar-refractivity contribution is 7.92. The van der Waals surface area contributed by atoms with Crippen LogP contribution < -0.4 is 23.8 Å². The molecule has 0 aliphatic rings. The van der Waals surface area contributed by atoms with Crippen molar-refractivity contribution in [2.24, 2.45) is 0 Å². The maximum atomic E-state index is 14.0. The molecule has 3 aromatic carbocycles. The first-order chi connectivity index (χ1) is 19.2. The summed E-state index contributed by atoms with van der Waals surface area (Å²) in [4.78, 5) is 28.2. The number of benzene rings is 3. The number of hydrogen-bond donors (Lipinski definition) is 1. The monoisotopic (exact) mass is 569 g/mol. The van der Waals surface area contributed by atoms with Crippen molar-refractivity contribution in [1.29, 1.82) is 0 Å². The summed E-state index contributed by atoms with van der Waals surface area (Å²) in [6.07, 6.45) is 0. The Kier molecular flexibility index (Phi) is 10.4. The van der Waals surface area contributed by atoms with Gasteiger partial charge in [0.15, 0.2) is 0 Å². The SMILES string of the molecule is CCNC(=O)C(C)N(Cc1cccc(OC)c1)C(=O)CN(c1cc(OC)ccc1OC)S(=O)(=O)c1ccccc1. The zero-order chi connectivity index (χ0) is 29.3. The van der Waals surface area contributed by atoms with Gasteiger partial charge in [-0.3, -0.25) is 13.9 Å². The Balaban J connectivity index is 2.11. The van der Waals surface area contributed by atoms with Crippen molar-refractivity contribution in [3.8, 4) is 17.2 Å². The van der Waals surface area contributed by atoms with Gasteiger partial charge >= 0.3 is 0 Å². The molecule has 0 fully saturated rings. The molecular weight excluding hydrogens is 534 g/mol. The summed E-state index contributed by atoms with van der Waals surface area (Å²) in [7, 11) is 0.149. The fraction of sp³-hybridized carbons (Fsp3) is 0.310. The van der Waals surface area contributed by atoms with E-state index in [2.05, 4.69) is 5.32 Å². The number of carbonyl (C=O) groups is 2. The Morgan fingerprint density at radius 2 is 1.55 bits per heavy atom. The molecule has 10 nitrogen and oxygen atoms in total. The lowest BCUT2D eigenvalue weighted by Crippen LogP contribution is -2.51. The molecule has 0 bridgehead atoms. The normalized spacial score (nSPS) is 11.7. The minimum atomic E-state index is -4.25. The number of carbonyl (C=O) groups excluding carboxylic acids is 2. The fourth-order valence-corrected chi connectivity index (χ4v) is 5.53. The predicted molar refractivity (Wildman–Crippen MR) is 152 cm³/mol. The van der Waals surface area contributed by atoms with Gasteiger partial charge in [-0.05, 0) is 55.8 Å². The second-order valence-electron chi connectivity index (χ2n) is 8.81. The highest BCUT2D eigenvalue weighted by atomic mass is 32.2. The number of rotatable bonds is 13. The highest BCUT2D eigenvalue weighted by Gasteiger charge is 2.34. The van der Waals surface area contributed by atoms with Crippen molar-refractivity contribution in [2.75, 3.05) is 38.7 Å². The Hall–Kier alpha value is -4.25. The van der Waals surface area contributed by atoms with Crippen molar-refractivity contribution in [3.05, 3.63) is 78.4 Å². The maximum absolute atomic E-state index is 14.0. The quantitative estimate of drug-likeness (QED) is 0.335. The van der Waals surface area contributed by atoms with Crippen LogP contribution in [0.25, 0.3) is 0 Å². The van der Waals surface area contributed by atoms with Crippen molar-refractivity contribution in [1.82, 2.24) is 10.2 Å². The first-order valence-corrected chi connectivity index (χ1v) is 14.1. The van der Waals surface area contributed by atoms with Gasteiger partial charge < -0.3 is 24.4 Å². The summed E-state index contributed by atoms with van der Waals surface area (Å²) >= 11 is 0. The number of methoxy groups -OCH3 is 3. The Morgan fingerprint density at radius 1 is 0.875 bits per heavy atom. The van der Waals surface area contributed by atoms with E-state index in [-0.39, 0.29) is 28.8 Å². The van der Waals surface area contributed by atoms with Crippen LogP contribution in [-0.4, -0.2) is 65.6 Å². The van der Waals surface area contributed by atoms with Crippen molar-refractivity contribution < 1.29 is 32.2 Å². The van der Waals surface area contributed by atoms with Gasteiger partial charge in [0.25, 0.3) is 10.0 Å². The largest absolute Gasteiger partial charge is 0.497 e. The van der Waals surface area contributed by atoms with E-state index >= 15 is 0 Å². The van der Waals surface area contributed by atoms with Gasteiger partial charge in [0.05, 0.1) is 31.9 Å². The van der Waals surface area contributed by atoms with Crippen LogP contribution in [0, 0.1) is 0 Å². The third-order valence-corrected chi connectivity index (χ3v) is 8.04. The molecule has 0 saturated carbocycles. The maximum Gasteiger partial charge on any atom is 0.264 e. The topological polar surface area (TPSA) is 114 Å². The molecule has 0 spiro atoms. The van der Waals surface area contributed by atoms with Crippen LogP contribution in [0.15, 0.2) is 77.7 Å². The minimum Gasteiger partial charge on any atom is -0.497 e. The minimum absolute atomic E-state index is 0.0104. The van der Waals surface area contributed by atoms with E-state index in [9.17, 15) is 18.0 Å². The van der Waals surface area contributed by atoms with Crippen LogP contribution in [0.2, 0.25) is 0 Å². The number of likely N-dealkylation sites (N-methyl/N-ethyl adjacent to an activating group) is 1. The smallest absolute Gasteiger partial charge is 0.264 e. The molecule has 1 unspecified atom stereocenters. The lowest BCUT2D eigenvalue weighted by molar-refractivity contribution is -0.139. The predicted octanol–water partition coefficient (Wildman–Crippen LogP) is 3.46. The summed E-state index contributed by atoms with van der Waals surface area (Å²) in [5, 5.41) is 2.74. The summed E-state index contributed by atoms with van der Waals surface area (Å²) in [5.74, 6) is 0.232. The molecule has 3 rings (SSSR count). The number of ether oxygens (including phenoxy) is 3. The molecule has 1 atom stereocenters. The van der Waals surface area contributed by atoms with E-state index in [1.165, 1.54) is 44.4 Å². The number of sulfonamides is 1. The number of nitrogens with one attached hydrogen (secondary N) is 1. The summed E-state index contributed by atoms with van der Waals surface area (Å²) in [5.41, 5.74) is 0.825. The third-order valence-electron chi connectivity index (χ3n) is 6.27. The number of hydrogen-bond acceptors (Lipinski definition) is 7. The molecule has 0 heterocycles. The molecule has 0 aliphatic carbocycles. The highest BCUT2D eigenvalue weighted by Crippen LogP contribution is 2.36. The first-order valence-electron chi connectivity index (χ1n) is 12.7. The fourth-order valence-electron chi connectivity index (χ4n) is 4.10. The summed E-state index contributed by atoms with van der Waals surface area (Å²) in [6, 6.07) is 18.7. The van der Waals surface area contributed by atoms with E-state index in [0.717, 1.165) is 4.31 Å². The Bertz CT molecular complexity index is 1410. The van der Waals surface area contributed by atoms with Gasteiger partial charge in [0.1, 0.15) is 29.8 Å². The van der Waals surface area contributed by atoms with Crippen molar-refractivity contribution >= 4 is 27.5 Å². The molecular formula is C29H35N3O7S. The van der Waals surface area contributed by atoms with E-state index in [1.807, 2.05) is 0 Å².